The molecule has 3 rings (SSSR count). The Morgan fingerprint density at radius 2 is 1.39 bits per heavy atom. The molecule has 1 heterocycles. The second kappa shape index (κ2) is 9.78. The first-order chi connectivity index (χ1) is 11.1. The summed E-state index contributed by atoms with van der Waals surface area (Å²) in [4.78, 5) is 15.1. The van der Waals surface area contributed by atoms with Crippen LogP contribution >= 0.6 is 0 Å². The van der Waals surface area contributed by atoms with Crippen molar-refractivity contribution in [3.63, 3.8) is 0 Å². The number of rotatable bonds is 4. The fraction of sp³-hybridized carbons (Fsp3) is 0.950. The predicted molar refractivity (Wildman–Crippen MR) is 97.7 cm³/mol. The molecule has 3 fully saturated rings. The highest BCUT2D eigenvalue weighted by molar-refractivity contribution is 5.51. The van der Waals surface area contributed by atoms with Gasteiger partial charge < -0.3 is 4.79 Å². The monoisotopic (exact) mass is 322 g/mol. The van der Waals surface area contributed by atoms with Crippen molar-refractivity contribution in [2.75, 3.05) is 26.2 Å². The molecule has 0 radical (unpaired) electrons. The van der Waals surface area contributed by atoms with Gasteiger partial charge in [0.15, 0.2) is 0 Å². The van der Waals surface area contributed by atoms with Gasteiger partial charge in [0.05, 0.1) is 0 Å². The molecule has 3 nitrogen and oxygen atoms in total. The Bertz CT molecular complexity index is 325. The van der Waals surface area contributed by atoms with E-state index in [-0.39, 0.29) is 5.92 Å². The van der Waals surface area contributed by atoms with Gasteiger partial charge in [-0.2, -0.15) is 0 Å². The maximum atomic E-state index is 9.50. The van der Waals surface area contributed by atoms with Crippen LogP contribution in [0.2, 0.25) is 0 Å². The van der Waals surface area contributed by atoms with Crippen LogP contribution in [0.1, 0.15) is 72.1 Å². The minimum absolute atomic E-state index is 0.204. The van der Waals surface area contributed by atoms with E-state index in [2.05, 4.69) is 16.7 Å². The molecule has 3 aliphatic rings. The van der Waals surface area contributed by atoms with Crippen LogP contribution in [0.25, 0.3) is 0 Å². The van der Waals surface area contributed by atoms with Crippen molar-refractivity contribution in [2.45, 2.75) is 84.2 Å². The average molecular weight is 323 g/mol. The summed E-state index contributed by atoms with van der Waals surface area (Å²) in [5.74, 6) is 1.25. The summed E-state index contributed by atoms with van der Waals surface area (Å²) in [7, 11) is 0. The lowest BCUT2D eigenvalue weighted by Gasteiger charge is -2.48. The minimum Gasteiger partial charge on any atom is -0.303 e. The first-order valence-electron chi connectivity index (χ1n) is 10.1. The lowest BCUT2D eigenvalue weighted by molar-refractivity contribution is -0.110. The summed E-state index contributed by atoms with van der Waals surface area (Å²) < 4.78 is 0. The highest BCUT2D eigenvalue weighted by Crippen LogP contribution is 2.34. The summed E-state index contributed by atoms with van der Waals surface area (Å²) in [6.07, 6.45) is 12.7. The number of aldehydes is 1. The quantitative estimate of drug-likeness (QED) is 0.732. The molecular weight excluding hydrogens is 284 g/mol. The van der Waals surface area contributed by atoms with Crippen LogP contribution in [0.3, 0.4) is 0 Å². The SMILES string of the molecule is CC(C)C=O.CCC1CC(N2CCN(C3CCCCC3)CC2)C1. The number of carbonyl (C=O) groups is 1. The lowest BCUT2D eigenvalue weighted by atomic mass is 9.77. The van der Waals surface area contributed by atoms with E-state index in [9.17, 15) is 4.79 Å². The van der Waals surface area contributed by atoms with Crippen LogP contribution in [0, 0.1) is 11.8 Å². The van der Waals surface area contributed by atoms with E-state index in [4.69, 9.17) is 0 Å². The van der Waals surface area contributed by atoms with E-state index < -0.39 is 0 Å². The highest BCUT2D eigenvalue weighted by Gasteiger charge is 2.34. The smallest absolute Gasteiger partial charge is 0.122 e. The minimum atomic E-state index is 0.204. The van der Waals surface area contributed by atoms with Crippen LogP contribution < -0.4 is 0 Å². The molecule has 0 aromatic carbocycles. The largest absolute Gasteiger partial charge is 0.303 e. The zero-order valence-electron chi connectivity index (χ0n) is 15.7. The molecule has 0 amide bonds. The number of hydrogen-bond donors (Lipinski definition) is 0. The maximum Gasteiger partial charge on any atom is 0.122 e. The normalized spacial score (nSPS) is 30.4. The standard InChI is InChI=1S/C16H30N2.C4H8O/c1-2-14-12-16(13-14)18-10-8-17(9-11-18)15-6-4-3-5-7-15;1-4(2)3-5/h14-16H,2-13H2,1H3;3-4H,1-2H3. The van der Waals surface area contributed by atoms with Crippen molar-refractivity contribution < 1.29 is 4.79 Å². The molecule has 0 unspecified atom stereocenters. The predicted octanol–water partition coefficient (Wildman–Crippen LogP) is 3.97. The Labute approximate surface area is 143 Å². The number of piperazine rings is 1. The van der Waals surface area contributed by atoms with E-state index in [0.29, 0.717) is 0 Å². The van der Waals surface area contributed by atoms with Crippen molar-refractivity contribution in [1.29, 1.82) is 0 Å². The zero-order valence-corrected chi connectivity index (χ0v) is 15.7. The summed E-state index contributed by atoms with van der Waals surface area (Å²) in [5.41, 5.74) is 0. The molecule has 3 heteroatoms. The number of hydrogen-bond acceptors (Lipinski definition) is 3. The summed E-state index contributed by atoms with van der Waals surface area (Å²) in [5, 5.41) is 0. The molecule has 0 N–H and O–H groups in total. The molecule has 1 aliphatic heterocycles. The van der Waals surface area contributed by atoms with E-state index in [1.54, 1.807) is 0 Å². The highest BCUT2D eigenvalue weighted by atomic mass is 16.1. The van der Waals surface area contributed by atoms with Gasteiger partial charge in [-0.1, -0.05) is 46.5 Å². The molecule has 0 atom stereocenters. The van der Waals surface area contributed by atoms with E-state index in [0.717, 1.165) is 24.3 Å². The molecule has 134 valence electrons. The molecule has 0 aromatic heterocycles. The second-order valence-electron chi connectivity index (χ2n) is 8.14. The van der Waals surface area contributed by atoms with Crippen molar-refractivity contribution in [2.24, 2.45) is 11.8 Å². The van der Waals surface area contributed by atoms with E-state index in [1.165, 1.54) is 77.5 Å². The van der Waals surface area contributed by atoms with Crippen molar-refractivity contribution in [1.82, 2.24) is 9.80 Å². The molecule has 2 saturated carbocycles. The Morgan fingerprint density at radius 1 is 0.913 bits per heavy atom. The van der Waals surface area contributed by atoms with Crippen molar-refractivity contribution in [3.8, 4) is 0 Å². The van der Waals surface area contributed by atoms with E-state index >= 15 is 0 Å². The Kier molecular flexibility index (Phi) is 8.05. The van der Waals surface area contributed by atoms with Gasteiger partial charge in [0, 0.05) is 44.2 Å². The van der Waals surface area contributed by atoms with Gasteiger partial charge in [0.25, 0.3) is 0 Å². The molecule has 23 heavy (non-hydrogen) atoms. The molecule has 0 bridgehead atoms. The van der Waals surface area contributed by atoms with Gasteiger partial charge in [-0.05, 0) is 31.6 Å². The summed E-state index contributed by atoms with van der Waals surface area (Å²) in [6.45, 7) is 11.4. The van der Waals surface area contributed by atoms with Gasteiger partial charge in [-0.15, -0.1) is 0 Å². The number of nitrogens with zero attached hydrogens (tertiary/aromatic N) is 2. The summed E-state index contributed by atoms with van der Waals surface area (Å²) in [6, 6.07) is 1.88. The average Bonchev–Trinajstić information content (AvgIpc) is 2.56. The third kappa shape index (κ3) is 5.86. The van der Waals surface area contributed by atoms with Crippen molar-refractivity contribution in [3.05, 3.63) is 0 Å². The Morgan fingerprint density at radius 3 is 1.83 bits per heavy atom. The number of carbonyl (C=O) groups excluding carboxylic acids is 1. The van der Waals surface area contributed by atoms with Crippen LogP contribution in [0.15, 0.2) is 0 Å². The van der Waals surface area contributed by atoms with Gasteiger partial charge in [0.2, 0.25) is 0 Å². The lowest BCUT2D eigenvalue weighted by Crippen LogP contribution is -2.56. The third-order valence-corrected chi connectivity index (χ3v) is 6.02. The second-order valence-corrected chi connectivity index (χ2v) is 8.14. The maximum absolute atomic E-state index is 9.50. The van der Waals surface area contributed by atoms with Gasteiger partial charge >= 0.3 is 0 Å². The van der Waals surface area contributed by atoms with Gasteiger partial charge in [-0.25, -0.2) is 0 Å². The zero-order chi connectivity index (χ0) is 16.7. The van der Waals surface area contributed by atoms with Crippen LogP contribution in [-0.4, -0.2) is 54.3 Å². The fourth-order valence-corrected chi connectivity index (χ4v) is 4.25. The van der Waals surface area contributed by atoms with E-state index in [1.807, 2.05) is 13.8 Å². The molecule has 1 saturated heterocycles. The first-order valence-corrected chi connectivity index (χ1v) is 10.1. The van der Waals surface area contributed by atoms with Crippen molar-refractivity contribution >= 4 is 6.29 Å². The molecule has 0 aromatic rings. The topological polar surface area (TPSA) is 23.6 Å². The molecule has 0 spiro atoms. The summed E-state index contributed by atoms with van der Waals surface area (Å²) >= 11 is 0. The fourth-order valence-electron chi connectivity index (χ4n) is 4.25. The Hall–Kier alpha value is -0.410. The van der Waals surface area contributed by atoms with Gasteiger partial charge in [0.1, 0.15) is 6.29 Å². The Balaban J connectivity index is 0.000000338. The third-order valence-electron chi connectivity index (χ3n) is 6.02. The van der Waals surface area contributed by atoms with Gasteiger partial charge in [-0.3, -0.25) is 9.80 Å². The molecular formula is C20H38N2O. The van der Waals surface area contributed by atoms with Crippen LogP contribution in [0.4, 0.5) is 0 Å². The molecule has 2 aliphatic carbocycles. The first kappa shape index (κ1) is 18.9. The van der Waals surface area contributed by atoms with Crippen LogP contribution in [-0.2, 0) is 4.79 Å². The van der Waals surface area contributed by atoms with Crippen LogP contribution in [0.5, 0.6) is 0 Å².